The summed E-state index contributed by atoms with van der Waals surface area (Å²) >= 11 is 0. The highest BCUT2D eigenvalue weighted by atomic mass is 16.5. The molecular formula is C12H16N2O4. The molecule has 98 valence electrons. The first-order valence-corrected chi connectivity index (χ1v) is 5.47. The van der Waals surface area contributed by atoms with E-state index in [-0.39, 0.29) is 13.2 Å². The van der Waals surface area contributed by atoms with Crippen LogP contribution in [0, 0.1) is 0 Å². The SMILES string of the molecule is CNC(=O)C(O)CNC(=O)OCc1ccccc1. The molecule has 0 fully saturated rings. The van der Waals surface area contributed by atoms with Gasteiger partial charge >= 0.3 is 6.09 Å². The fourth-order valence-corrected chi connectivity index (χ4v) is 1.21. The van der Waals surface area contributed by atoms with Gasteiger partial charge in [-0.05, 0) is 5.56 Å². The highest BCUT2D eigenvalue weighted by molar-refractivity contribution is 5.81. The lowest BCUT2D eigenvalue weighted by Gasteiger charge is -2.10. The smallest absolute Gasteiger partial charge is 0.407 e. The molecule has 0 aromatic heterocycles. The minimum Gasteiger partial charge on any atom is -0.445 e. The molecule has 2 amide bonds. The Hall–Kier alpha value is -2.08. The number of ether oxygens (including phenoxy) is 1. The van der Waals surface area contributed by atoms with Gasteiger partial charge in [-0.15, -0.1) is 0 Å². The van der Waals surface area contributed by atoms with Crippen molar-refractivity contribution in [2.45, 2.75) is 12.7 Å². The van der Waals surface area contributed by atoms with Crippen LogP contribution in [-0.4, -0.2) is 36.8 Å². The Kier molecular flexibility index (Phi) is 5.66. The number of rotatable bonds is 5. The first-order chi connectivity index (χ1) is 8.63. The third kappa shape index (κ3) is 4.84. The van der Waals surface area contributed by atoms with E-state index >= 15 is 0 Å². The zero-order valence-corrected chi connectivity index (χ0v) is 10.1. The van der Waals surface area contributed by atoms with Crippen LogP contribution in [0.5, 0.6) is 0 Å². The Morgan fingerprint density at radius 2 is 2.00 bits per heavy atom. The van der Waals surface area contributed by atoms with Crippen LogP contribution in [0.4, 0.5) is 4.79 Å². The van der Waals surface area contributed by atoms with Crippen molar-refractivity contribution < 1.29 is 19.4 Å². The molecule has 0 heterocycles. The van der Waals surface area contributed by atoms with E-state index in [0.717, 1.165) is 5.56 Å². The first kappa shape index (κ1) is 14.0. The number of carbonyl (C=O) groups is 2. The van der Waals surface area contributed by atoms with Crippen molar-refractivity contribution in [3.63, 3.8) is 0 Å². The number of hydrogen-bond donors (Lipinski definition) is 3. The number of nitrogens with one attached hydrogen (secondary N) is 2. The molecule has 0 aliphatic carbocycles. The van der Waals surface area contributed by atoms with E-state index in [0.29, 0.717) is 0 Å². The first-order valence-electron chi connectivity index (χ1n) is 5.47. The van der Waals surface area contributed by atoms with Crippen LogP contribution in [0.25, 0.3) is 0 Å². The molecule has 1 unspecified atom stereocenters. The van der Waals surface area contributed by atoms with Crippen LogP contribution in [0.1, 0.15) is 5.56 Å². The van der Waals surface area contributed by atoms with E-state index in [4.69, 9.17) is 4.74 Å². The van der Waals surface area contributed by atoms with Crippen molar-refractivity contribution in [2.75, 3.05) is 13.6 Å². The third-order valence-corrected chi connectivity index (χ3v) is 2.20. The number of likely N-dealkylation sites (N-methyl/N-ethyl adjacent to an activating group) is 1. The zero-order valence-electron chi connectivity index (χ0n) is 10.1. The van der Waals surface area contributed by atoms with Gasteiger partial charge in [-0.1, -0.05) is 30.3 Å². The lowest BCUT2D eigenvalue weighted by atomic mass is 10.2. The highest BCUT2D eigenvalue weighted by Gasteiger charge is 2.14. The van der Waals surface area contributed by atoms with Crippen LogP contribution in [-0.2, 0) is 16.1 Å². The Morgan fingerprint density at radius 3 is 2.61 bits per heavy atom. The number of amides is 2. The predicted molar refractivity (Wildman–Crippen MR) is 64.7 cm³/mol. The Morgan fingerprint density at radius 1 is 1.33 bits per heavy atom. The predicted octanol–water partition coefficient (Wildman–Crippen LogP) is 0.0197. The molecule has 0 spiro atoms. The van der Waals surface area contributed by atoms with Gasteiger partial charge in [-0.2, -0.15) is 0 Å². The number of benzene rings is 1. The second kappa shape index (κ2) is 7.29. The molecular weight excluding hydrogens is 236 g/mol. The average Bonchev–Trinajstić information content (AvgIpc) is 2.42. The van der Waals surface area contributed by atoms with E-state index in [1.54, 1.807) is 0 Å². The van der Waals surface area contributed by atoms with Crippen molar-refractivity contribution in [3.8, 4) is 0 Å². The molecule has 1 atom stereocenters. The second-order valence-corrected chi connectivity index (χ2v) is 3.57. The summed E-state index contributed by atoms with van der Waals surface area (Å²) < 4.78 is 4.90. The Balaban J connectivity index is 2.24. The standard InChI is InChI=1S/C12H16N2O4/c1-13-11(16)10(15)7-14-12(17)18-8-9-5-3-2-4-6-9/h2-6,10,15H,7-8H2,1H3,(H,13,16)(H,14,17). The van der Waals surface area contributed by atoms with Crippen LogP contribution in [0.15, 0.2) is 30.3 Å². The molecule has 0 saturated heterocycles. The summed E-state index contributed by atoms with van der Waals surface area (Å²) in [5.41, 5.74) is 0.861. The number of alkyl carbamates (subject to hydrolysis) is 1. The van der Waals surface area contributed by atoms with Gasteiger partial charge in [0.05, 0.1) is 6.54 Å². The number of aliphatic hydroxyl groups excluding tert-OH is 1. The largest absolute Gasteiger partial charge is 0.445 e. The van der Waals surface area contributed by atoms with Crippen LogP contribution < -0.4 is 10.6 Å². The summed E-state index contributed by atoms with van der Waals surface area (Å²) in [6.07, 6.45) is -1.96. The van der Waals surface area contributed by atoms with Crippen LogP contribution >= 0.6 is 0 Å². The number of aliphatic hydroxyl groups is 1. The van der Waals surface area contributed by atoms with Gasteiger partial charge in [0, 0.05) is 7.05 Å². The molecule has 1 aromatic carbocycles. The van der Waals surface area contributed by atoms with E-state index in [1.807, 2.05) is 30.3 Å². The van der Waals surface area contributed by atoms with Crippen molar-refractivity contribution in [3.05, 3.63) is 35.9 Å². The van der Waals surface area contributed by atoms with Crippen molar-refractivity contribution in [1.29, 1.82) is 0 Å². The second-order valence-electron chi connectivity index (χ2n) is 3.57. The van der Waals surface area contributed by atoms with E-state index < -0.39 is 18.1 Å². The van der Waals surface area contributed by atoms with Crippen molar-refractivity contribution in [1.82, 2.24) is 10.6 Å². The summed E-state index contributed by atoms with van der Waals surface area (Å²) in [5.74, 6) is -0.557. The maximum absolute atomic E-state index is 11.3. The summed E-state index contributed by atoms with van der Waals surface area (Å²) in [6, 6.07) is 9.19. The van der Waals surface area contributed by atoms with Gasteiger partial charge < -0.3 is 20.5 Å². The normalized spacial score (nSPS) is 11.4. The molecule has 6 heteroatoms. The van der Waals surface area contributed by atoms with E-state index in [9.17, 15) is 14.7 Å². The summed E-state index contributed by atoms with van der Waals surface area (Å²) in [4.78, 5) is 22.2. The Labute approximate surface area is 105 Å². The topological polar surface area (TPSA) is 87.7 Å². The van der Waals surface area contributed by atoms with Crippen LogP contribution in [0.3, 0.4) is 0 Å². The highest BCUT2D eigenvalue weighted by Crippen LogP contribution is 2.00. The van der Waals surface area contributed by atoms with Gasteiger partial charge in [0.15, 0.2) is 0 Å². The van der Waals surface area contributed by atoms with Gasteiger partial charge in [0.1, 0.15) is 12.7 Å². The zero-order chi connectivity index (χ0) is 13.4. The molecule has 1 aromatic rings. The van der Waals surface area contributed by atoms with Crippen molar-refractivity contribution >= 4 is 12.0 Å². The fourth-order valence-electron chi connectivity index (χ4n) is 1.21. The van der Waals surface area contributed by atoms with E-state index in [1.165, 1.54) is 7.05 Å². The van der Waals surface area contributed by atoms with Gasteiger partial charge in [0.25, 0.3) is 0 Å². The molecule has 0 saturated carbocycles. The van der Waals surface area contributed by atoms with Crippen LogP contribution in [0.2, 0.25) is 0 Å². The van der Waals surface area contributed by atoms with Gasteiger partial charge in [-0.3, -0.25) is 4.79 Å². The maximum Gasteiger partial charge on any atom is 0.407 e. The lowest BCUT2D eigenvalue weighted by molar-refractivity contribution is -0.128. The number of hydrogen-bond acceptors (Lipinski definition) is 4. The number of carbonyl (C=O) groups excluding carboxylic acids is 2. The molecule has 3 N–H and O–H groups in total. The van der Waals surface area contributed by atoms with Crippen molar-refractivity contribution in [2.24, 2.45) is 0 Å². The summed E-state index contributed by atoms with van der Waals surface area (Å²) in [6.45, 7) is -0.0456. The van der Waals surface area contributed by atoms with E-state index in [2.05, 4.69) is 10.6 Å². The summed E-state index contributed by atoms with van der Waals surface area (Å²) in [7, 11) is 1.40. The molecule has 0 bridgehead atoms. The Bertz CT molecular complexity index is 394. The molecule has 6 nitrogen and oxygen atoms in total. The average molecular weight is 252 g/mol. The maximum atomic E-state index is 11.3. The third-order valence-electron chi connectivity index (χ3n) is 2.20. The quantitative estimate of drug-likeness (QED) is 0.689. The van der Waals surface area contributed by atoms with Gasteiger partial charge in [-0.25, -0.2) is 4.79 Å². The van der Waals surface area contributed by atoms with Gasteiger partial charge in [0.2, 0.25) is 5.91 Å². The minimum absolute atomic E-state index is 0.142. The molecule has 0 aliphatic rings. The molecule has 0 radical (unpaired) electrons. The lowest BCUT2D eigenvalue weighted by Crippen LogP contribution is -2.41. The molecule has 0 aliphatic heterocycles. The summed E-state index contributed by atoms with van der Waals surface area (Å²) in [5, 5.41) is 13.8. The molecule has 18 heavy (non-hydrogen) atoms. The monoisotopic (exact) mass is 252 g/mol. The fraction of sp³-hybridized carbons (Fsp3) is 0.333. The molecule has 1 rings (SSSR count). The minimum atomic E-state index is -1.28.